The first-order valence-electron chi connectivity index (χ1n) is 17.8. The van der Waals surface area contributed by atoms with Crippen LogP contribution in [0.5, 0.6) is 0 Å². The van der Waals surface area contributed by atoms with Crippen molar-refractivity contribution < 1.29 is 14.0 Å². The lowest BCUT2D eigenvalue weighted by Gasteiger charge is -2.47. The number of hydrogen-bond acceptors (Lipinski definition) is 6. The number of aryl methyl sites for hydroxylation is 4. The molecule has 0 saturated carbocycles. The Morgan fingerprint density at radius 2 is 1.51 bits per heavy atom. The molecule has 49 heavy (non-hydrogen) atoms. The number of halogens is 1. The number of carbonyl (C=O) groups is 2. The van der Waals surface area contributed by atoms with Crippen LogP contribution >= 0.6 is 0 Å². The highest BCUT2D eigenvalue weighted by Crippen LogP contribution is 2.29. The number of hydrogen-bond donors (Lipinski definition) is 0. The lowest BCUT2D eigenvalue weighted by atomic mass is 9.96. The van der Waals surface area contributed by atoms with Crippen molar-refractivity contribution in [2.75, 3.05) is 24.5 Å². The zero-order valence-corrected chi connectivity index (χ0v) is 33.4. The minimum Gasteiger partial charge on any atom is -0.352 e. The minimum absolute atomic E-state index is 0.175. The van der Waals surface area contributed by atoms with Gasteiger partial charge in [-0.25, -0.2) is 19.3 Å². The van der Waals surface area contributed by atoms with Crippen LogP contribution in [0.25, 0.3) is 5.57 Å². The summed E-state index contributed by atoms with van der Waals surface area (Å²) in [6.45, 7) is 33.8. The van der Waals surface area contributed by atoms with E-state index in [1.165, 1.54) is 30.5 Å². The van der Waals surface area contributed by atoms with E-state index in [-0.39, 0.29) is 17.5 Å². The monoisotopic (exact) mass is 678 g/mol. The first-order valence-corrected chi connectivity index (χ1v) is 17.8. The van der Waals surface area contributed by atoms with Crippen molar-refractivity contribution in [2.45, 2.75) is 123 Å². The second kappa shape index (κ2) is 21.9. The average molecular weight is 678 g/mol. The quantitative estimate of drug-likeness (QED) is 0.250. The topological polar surface area (TPSA) is 79.3 Å². The summed E-state index contributed by atoms with van der Waals surface area (Å²) in [6, 6.07) is 7.30. The predicted octanol–water partition coefficient (Wildman–Crippen LogP) is 10.1. The fourth-order valence-corrected chi connectivity index (χ4v) is 4.96. The molecule has 0 radical (unpaired) electrons. The number of pyridine rings is 1. The third kappa shape index (κ3) is 12.8. The van der Waals surface area contributed by atoms with Crippen LogP contribution in [0.15, 0.2) is 36.5 Å². The van der Waals surface area contributed by atoms with Gasteiger partial charge in [0.1, 0.15) is 17.9 Å². The second-order valence-electron chi connectivity index (χ2n) is 12.6. The van der Waals surface area contributed by atoms with Crippen molar-refractivity contribution in [2.24, 2.45) is 5.92 Å². The fraction of sp³-hybridized carbons (Fsp3) is 0.537. The highest BCUT2D eigenvalue weighted by Gasteiger charge is 2.38. The minimum atomic E-state index is -0.437. The van der Waals surface area contributed by atoms with Crippen LogP contribution in [0, 0.1) is 46.4 Å². The van der Waals surface area contributed by atoms with Crippen LogP contribution < -0.4 is 4.90 Å². The van der Waals surface area contributed by atoms with Gasteiger partial charge >= 0.3 is 0 Å². The van der Waals surface area contributed by atoms with Gasteiger partial charge in [0.15, 0.2) is 0 Å². The Bertz CT molecular complexity index is 1490. The molecule has 3 aromatic rings. The van der Waals surface area contributed by atoms with Gasteiger partial charge in [0.25, 0.3) is 5.91 Å². The largest absolute Gasteiger partial charge is 0.352 e. The number of allylic oxidation sites excluding steroid dienone is 1. The third-order valence-corrected chi connectivity index (χ3v) is 8.28. The summed E-state index contributed by atoms with van der Waals surface area (Å²) in [5.74, 6) is 1.56. The maximum absolute atomic E-state index is 14.2. The lowest BCUT2D eigenvalue weighted by Crippen LogP contribution is -2.61. The molecule has 0 unspecified atom stereocenters. The SMILES string of the molecule is C/C=C(/c1ccc(C)c(F)c1)c1cnc(C(=O)N2CCN(c3cc(C)c(C)c(C)n3)CC2(C)C)nc1C.CC.CC.CC=O.CCC(C)C. The number of aldehydes is 1. The van der Waals surface area contributed by atoms with Gasteiger partial charge in [-0.1, -0.05) is 73.1 Å². The van der Waals surface area contributed by atoms with E-state index in [9.17, 15) is 9.18 Å². The Labute approximate surface area is 297 Å². The molecule has 1 fully saturated rings. The Kier molecular flexibility index (Phi) is 20.1. The number of nitrogens with zero attached hydrogens (tertiary/aromatic N) is 5. The molecule has 7 nitrogen and oxygen atoms in total. The van der Waals surface area contributed by atoms with Crippen LogP contribution in [0.4, 0.5) is 10.2 Å². The molecule has 1 aliphatic rings. The number of piperazine rings is 1. The Balaban J connectivity index is 0.00000168. The van der Waals surface area contributed by atoms with Crippen LogP contribution in [-0.2, 0) is 4.79 Å². The van der Waals surface area contributed by atoms with Crippen molar-refractivity contribution in [3.63, 3.8) is 0 Å². The molecule has 3 heterocycles. The standard InChI is InChI=1S/C30H36FN5O.C5H12.C2H4O.2C2H6/c1-9-24(23-11-10-18(2)26(31)15-23)25-16-32-28(34-22(25)6)29(37)36-13-12-35(17-30(36,7)8)27-14-19(3)20(4)21(5)33-27;1-4-5(2)3;1-2-3;2*1-2/h9-11,14-16H,12-13,17H2,1-8H3;5H,4H2,1-3H3;2H,1H3;2*1-2H3/b24-9-;;;;. The summed E-state index contributed by atoms with van der Waals surface area (Å²) < 4.78 is 14.2. The fourth-order valence-electron chi connectivity index (χ4n) is 4.96. The summed E-state index contributed by atoms with van der Waals surface area (Å²) in [4.78, 5) is 40.3. The predicted molar refractivity (Wildman–Crippen MR) is 206 cm³/mol. The van der Waals surface area contributed by atoms with E-state index in [2.05, 4.69) is 69.4 Å². The van der Waals surface area contributed by atoms with Crippen LogP contribution in [-0.4, -0.2) is 57.2 Å². The number of amides is 1. The second-order valence-corrected chi connectivity index (χ2v) is 12.6. The van der Waals surface area contributed by atoms with E-state index in [0.29, 0.717) is 30.9 Å². The van der Waals surface area contributed by atoms with Crippen molar-refractivity contribution in [1.29, 1.82) is 0 Å². The molecule has 0 bridgehead atoms. The molecule has 0 spiro atoms. The summed E-state index contributed by atoms with van der Waals surface area (Å²) in [6.07, 6.45) is 5.65. The van der Waals surface area contributed by atoms with Gasteiger partial charge in [0.2, 0.25) is 5.82 Å². The third-order valence-electron chi connectivity index (χ3n) is 8.28. The van der Waals surface area contributed by atoms with Crippen molar-refractivity contribution >= 4 is 23.6 Å². The van der Waals surface area contributed by atoms with Gasteiger partial charge in [-0.2, -0.15) is 0 Å². The molecule has 8 heteroatoms. The van der Waals surface area contributed by atoms with Gasteiger partial charge in [-0.15, -0.1) is 0 Å². The van der Waals surface area contributed by atoms with E-state index in [1.54, 1.807) is 19.2 Å². The average Bonchev–Trinajstić information content (AvgIpc) is 3.07. The van der Waals surface area contributed by atoms with Gasteiger partial charge in [-0.05, 0) is 108 Å². The number of benzene rings is 1. The summed E-state index contributed by atoms with van der Waals surface area (Å²) in [7, 11) is 0. The molecular weight excluding hydrogens is 613 g/mol. The zero-order chi connectivity index (χ0) is 38.1. The lowest BCUT2D eigenvalue weighted by molar-refractivity contribution is -0.106. The highest BCUT2D eigenvalue weighted by molar-refractivity contribution is 5.92. The van der Waals surface area contributed by atoms with E-state index in [0.717, 1.165) is 40.4 Å². The van der Waals surface area contributed by atoms with Crippen LogP contribution in [0.1, 0.15) is 132 Å². The molecule has 0 aliphatic carbocycles. The van der Waals surface area contributed by atoms with Gasteiger partial charge < -0.3 is 14.6 Å². The maximum atomic E-state index is 14.2. The maximum Gasteiger partial charge on any atom is 0.292 e. The number of anilines is 1. The van der Waals surface area contributed by atoms with Crippen LogP contribution in [0.3, 0.4) is 0 Å². The van der Waals surface area contributed by atoms with Gasteiger partial charge in [0, 0.05) is 42.8 Å². The van der Waals surface area contributed by atoms with E-state index >= 15 is 0 Å². The Morgan fingerprint density at radius 3 is 1.96 bits per heavy atom. The van der Waals surface area contributed by atoms with Gasteiger partial charge in [0.05, 0.1) is 5.54 Å². The highest BCUT2D eigenvalue weighted by atomic mass is 19.1. The zero-order valence-electron chi connectivity index (χ0n) is 33.4. The molecule has 0 atom stereocenters. The molecule has 1 aromatic carbocycles. The number of rotatable bonds is 5. The van der Waals surface area contributed by atoms with E-state index in [1.807, 2.05) is 65.5 Å². The molecule has 2 aromatic heterocycles. The number of aromatic nitrogens is 3. The van der Waals surface area contributed by atoms with E-state index < -0.39 is 5.54 Å². The molecule has 272 valence electrons. The molecule has 1 saturated heterocycles. The van der Waals surface area contributed by atoms with E-state index in [4.69, 9.17) is 9.78 Å². The summed E-state index contributed by atoms with van der Waals surface area (Å²) >= 11 is 0. The first kappa shape index (κ1) is 45.1. The smallest absolute Gasteiger partial charge is 0.292 e. The van der Waals surface area contributed by atoms with Crippen molar-refractivity contribution in [1.82, 2.24) is 19.9 Å². The first-order chi connectivity index (χ1) is 23.1. The Morgan fingerprint density at radius 1 is 0.939 bits per heavy atom. The van der Waals surface area contributed by atoms with Crippen molar-refractivity contribution in [3.05, 3.63) is 87.4 Å². The molecule has 4 rings (SSSR count). The molecular formula is C41H64FN5O2. The summed E-state index contributed by atoms with van der Waals surface area (Å²) in [5, 5.41) is 0. The molecule has 1 amide bonds. The summed E-state index contributed by atoms with van der Waals surface area (Å²) in [5.41, 5.74) is 6.67. The van der Waals surface area contributed by atoms with Gasteiger partial charge in [-0.3, -0.25) is 4.79 Å². The Hall–Kier alpha value is -3.94. The normalized spacial score (nSPS) is 13.4. The van der Waals surface area contributed by atoms with Crippen LogP contribution in [0.2, 0.25) is 0 Å². The molecule has 0 N–H and O–H groups in total. The van der Waals surface area contributed by atoms with Crippen molar-refractivity contribution in [3.8, 4) is 0 Å². The molecule has 1 aliphatic heterocycles. The number of carbonyl (C=O) groups excluding carboxylic acids is 2.